The number of nitrogens with one attached hydrogen (secondary N) is 1. The molecule has 0 aliphatic carbocycles. The van der Waals surface area contributed by atoms with Gasteiger partial charge in [-0.15, -0.1) is 0 Å². The molecule has 1 aromatic carbocycles. The van der Waals surface area contributed by atoms with Crippen LogP contribution < -0.4 is 15.2 Å². The monoisotopic (exact) mass is 271 g/mol. The van der Waals surface area contributed by atoms with Crippen molar-refractivity contribution in [2.75, 3.05) is 6.61 Å². The van der Waals surface area contributed by atoms with Crippen LogP contribution in [0.3, 0.4) is 0 Å². The highest BCUT2D eigenvalue weighted by Crippen LogP contribution is 2.25. The molecule has 0 radical (unpaired) electrons. The quantitative estimate of drug-likeness (QED) is 0.647. The molecule has 0 fully saturated rings. The molecule has 2 aromatic rings. The third kappa shape index (κ3) is 3.26. The number of rotatable bonds is 5. The summed E-state index contributed by atoms with van der Waals surface area (Å²) in [4.78, 5) is 4.27. The minimum absolute atomic E-state index is 0.0709. The van der Waals surface area contributed by atoms with E-state index < -0.39 is 0 Å². The average Bonchev–Trinajstić information content (AvgIpc) is 2.41. The van der Waals surface area contributed by atoms with Crippen LogP contribution in [-0.2, 0) is 0 Å². The maximum atomic E-state index is 7.54. The molecule has 5 nitrogen and oxygen atoms in total. The first-order valence-electron chi connectivity index (χ1n) is 6.33. The van der Waals surface area contributed by atoms with E-state index in [-0.39, 0.29) is 5.84 Å². The van der Waals surface area contributed by atoms with Crippen molar-refractivity contribution in [2.24, 2.45) is 5.73 Å². The Bertz CT molecular complexity index is 609. The largest absolute Gasteiger partial charge is 0.494 e. The number of pyridine rings is 1. The van der Waals surface area contributed by atoms with Crippen molar-refractivity contribution < 1.29 is 9.47 Å². The number of aromatic nitrogens is 1. The van der Waals surface area contributed by atoms with Crippen LogP contribution in [0.2, 0.25) is 0 Å². The van der Waals surface area contributed by atoms with E-state index in [1.807, 2.05) is 26.0 Å². The van der Waals surface area contributed by atoms with E-state index in [9.17, 15) is 0 Å². The molecule has 1 heterocycles. The SMILES string of the molecule is CCOc1ccc(Oc2nc(C)ccc2C(=N)N)cc1. The fourth-order valence-corrected chi connectivity index (χ4v) is 1.70. The Hall–Kier alpha value is -2.56. The number of ether oxygens (including phenoxy) is 2. The van der Waals surface area contributed by atoms with E-state index in [1.165, 1.54) is 0 Å². The molecule has 20 heavy (non-hydrogen) atoms. The molecule has 0 saturated carbocycles. The van der Waals surface area contributed by atoms with Crippen LogP contribution in [0, 0.1) is 12.3 Å². The smallest absolute Gasteiger partial charge is 0.230 e. The van der Waals surface area contributed by atoms with Gasteiger partial charge in [-0.1, -0.05) is 0 Å². The molecule has 5 heteroatoms. The van der Waals surface area contributed by atoms with Gasteiger partial charge in [0.1, 0.15) is 17.3 Å². The Morgan fingerprint density at radius 2 is 1.80 bits per heavy atom. The summed E-state index contributed by atoms with van der Waals surface area (Å²) in [5.74, 6) is 1.66. The van der Waals surface area contributed by atoms with Crippen LogP contribution in [-0.4, -0.2) is 17.4 Å². The number of aryl methyl sites for hydroxylation is 1. The zero-order chi connectivity index (χ0) is 14.5. The zero-order valence-corrected chi connectivity index (χ0v) is 11.5. The van der Waals surface area contributed by atoms with Gasteiger partial charge in [0.05, 0.1) is 12.2 Å². The van der Waals surface area contributed by atoms with Gasteiger partial charge in [-0.3, -0.25) is 5.41 Å². The van der Waals surface area contributed by atoms with E-state index in [4.69, 9.17) is 20.6 Å². The van der Waals surface area contributed by atoms with Gasteiger partial charge in [0.25, 0.3) is 0 Å². The number of nitrogens with two attached hydrogens (primary N) is 1. The summed E-state index contributed by atoms with van der Waals surface area (Å²) < 4.78 is 11.1. The molecule has 0 atom stereocenters. The van der Waals surface area contributed by atoms with Crippen molar-refractivity contribution in [1.82, 2.24) is 4.98 Å². The molecule has 0 bridgehead atoms. The molecule has 3 N–H and O–H groups in total. The molecule has 0 unspecified atom stereocenters. The molecule has 0 aliphatic heterocycles. The van der Waals surface area contributed by atoms with E-state index in [0.717, 1.165) is 11.4 Å². The fourth-order valence-electron chi connectivity index (χ4n) is 1.70. The van der Waals surface area contributed by atoms with Crippen molar-refractivity contribution >= 4 is 5.84 Å². The van der Waals surface area contributed by atoms with Crippen LogP contribution in [0.4, 0.5) is 0 Å². The molecule has 0 amide bonds. The first-order chi connectivity index (χ1) is 9.60. The van der Waals surface area contributed by atoms with E-state index in [2.05, 4.69) is 4.98 Å². The lowest BCUT2D eigenvalue weighted by Gasteiger charge is -2.10. The third-order valence-corrected chi connectivity index (χ3v) is 2.64. The van der Waals surface area contributed by atoms with E-state index in [1.54, 1.807) is 24.3 Å². The van der Waals surface area contributed by atoms with Crippen molar-refractivity contribution in [1.29, 1.82) is 5.41 Å². The molecular weight excluding hydrogens is 254 g/mol. The van der Waals surface area contributed by atoms with Crippen LogP contribution >= 0.6 is 0 Å². The maximum Gasteiger partial charge on any atom is 0.230 e. The summed E-state index contributed by atoms with van der Waals surface area (Å²) >= 11 is 0. The first kappa shape index (κ1) is 13.9. The van der Waals surface area contributed by atoms with Gasteiger partial charge in [-0.2, -0.15) is 0 Å². The molecule has 104 valence electrons. The van der Waals surface area contributed by atoms with Gasteiger partial charge in [0.15, 0.2) is 0 Å². The Labute approximate surface area is 117 Å². The van der Waals surface area contributed by atoms with Crippen LogP contribution in [0.15, 0.2) is 36.4 Å². The predicted molar refractivity (Wildman–Crippen MR) is 77.7 cm³/mol. The number of nitrogen functional groups attached to an aromatic ring is 1. The molecule has 2 rings (SSSR count). The molecule has 1 aromatic heterocycles. The standard InChI is InChI=1S/C15H17N3O2/c1-3-19-11-5-7-12(8-6-11)20-15-13(14(16)17)9-4-10(2)18-15/h4-9H,3H2,1-2H3,(H3,16,17). The van der Waals surface area contributed by atoms with E-state index in [0.29, 0.717) is 23.8 Å². The summed E-state index contributed by atoms with van der Waals surface area (Å²) in [5.41, 5.74) is 6.80. The highest BCUT2D eigenvalue weighted by Gasteiger charge is 2.10. The number of nitrogens with zero attached hydrogens (tertiary/aromatic N) is 1. The summed E-state index contributed by atoms with van der Waals surface area (Å²) in [5, 5.41) is 7.54. The van der Waals surface area contributed by atoms with Crippen LogP contribution in [0.1, 0.15) is 18.2 Å². The Kier molecular flexibility index (Phi) is 4.20. The summed E-state index contributed by atoms with van der Waals surface area (Å²) in [6.45, 7) is 4.41. The summed E-state index contributed by atoms with van der Waals surface area (Å²) in [6, 6.07) is 10.7. The Morgan fingerprint density at radius 3 is 2.40 bits per heavy atom. The second-order valence-electron chi connectivity index (χ2n) is 4.23. The topological polar surface area (TPSA) is 81.2 Å². The first-order valence-corrected chi connectivity index (χ1v) is 6.33. The summed E-state index contributed by atoms with van der Waals surface area (Å²) in [6.07, 6.45) is 0. The van der Waals surface area contributed by atoms with Gasteiger partial charge in [-0.05, 0) is 50.2 Å². The molecule has 0 spiro atoms. The summed E-state index contributed by atoms with van der Waals surface area (Å²) in [7, 11) is 0. The Morgan fingerprint density at radius 1 is 1.15 bits per heavy atom. The van der Waals surface area contributed by atoms with Crippen molar-refractivity contribution in [3.05, 3.63) is 47.7 Å². The van der Waals surface area contributed by atoms with Crippen molar-refractivity contribution in [3.8, 4) is 17.4 Å². The Balaban J connectivity index is 2.25. The molecule has 0 saturated heterocycles. The van der Waals surface area contributed by atoms with Crippen molar-refractivity contribution in [2.45, 2.75) is 13.8 Å². The minimum Gasteiger partial charge on any atom is -0.494 e. The van der Waals surface area contributed by atoms with Gasteiger partial charge < -0.3 is 15.2 Å². The van der Waals surface area contributed by atoms with Crippen LogP contribution in [0.25, 0.3) is 0 Å². The van der Waals surface area contributed by atoms with Gasteiger partial charge in [0, 0.05) is 5.69 Å². The molecule has 0 aliphatic rings. The lowest BCUT2D eigenvalue weighted by Crippen LogP contribution is -2.13. The van der Waals surface area contributed by atoms with Crippen LogP contribution in [0.5, 0.6) is 17.4 Å². The average molecular weight is 271 g/mol. The normalized spacial score (nSPS) is 10.1. The highest BCUT2D eigenvalue weighted by atomic mass is 16.5. The second-order valence-corrected chi connectivity index (χ2v) is 4.23. The van der Waals surface area contributed by atoms with Crippen molar-refractivity contribution in [3.63, 3.8) is 0 Å². The zero-order valence-electron chi connectivity index (χ0n) is 11.5. The van der Waals surface area contributed by atoms with Gasteiger partial charge in [-0.25, -0.2) is 4.98 Å². The van der Waals surface area contributed by atoms with Gasteiger partial charge >= 0.3 is 0 Å². The van der Waals surface area contributed by atoms with E-state index >= 15 is 0 Å². The molecular formula is C15H17N3O2. The third-order valence-electron chi connectivity index (χ3n) is 2.64. The lowest BCUT2D eigenvalue weighted by atomic mass is 10.2. The number of amidine groups is 1. The minimum atomic E-state index is -0.0709. The lowest BCUT2D eigenvalue weighted by molar-refractivity contribution is 0.339. The predicted octanol–water partition coefficient (Wildman–Crippen LogP) is 2.87. The fraction of sp³-hybridized carbons (Fsp3) is 0.200. The number of benzene rings is 1. The number of hydrogen-bond acceptors (Lipinski definition) is 4. The second kappa shape index (κ2) is 6.06. The maximum absolute atomic E-state index is 7.54. The number of hydrogen-bond donors (Lipinski definition) is 2. The van der Waals surface area contributed by atoms with Gasteiger partial charge in [0.2, 0.25) is 5.88 Å². The highest BCUT2D eigenvalue weighted by molar-refractivity contribution is 5.97.